The van der Waals surface area contributed by atoms with E-state index in [0.29, 0.717) is 13.2 Å². The predicted octanol–water partition coefficient (Wildman–Crippen LogP) is 2.30. The molecule has 0 spiro atoms. The van der Waals surface area contributed by atoms with Gasteiger partial charge in [-0.25, -0.2) is 0 Å². The van der Waals surface area contributed by atoms with Gasteiger partial charge in [0.25, 0.3) is 0 Å². The van der Waals surface area contributed by atoms with E-state index in [-0.39, 0.29) is 0 Å². The number of nitrogens with zero attached hydrogens (tertiary/aromatic N) is 2. The second-order valence-corrected chi connectivity index (χ2v) is 6.79. The average Bonchev–Trinajstić information content (AvgIpc) is 2.43. The number of hydrogen-bond acceptors (Lipinski definition) is 4. The van der Waals surface area contributed by atoms with Gasteiger partial charge in [0.05, 0.1) is 8.95 Å². The lowest BCUT2D eigenvalue weighted by molar-refractivity contribution is 0.133. The lowest BCUT2D eigenvalue weighted by Gasteiger charge is -2.32. The number of hydrogen-bond donors (Lipinski definition) is 1. The number of ether oxygens (including phenoxy) is 1. The molecule has 1 aromatic carbocycles. The molecule has 20 heavy (non-hydrogen) atoms. The highest BCUT2D eigenvalue weighted by Crippen LogP contribution is 2.34. The molecule has 0 aliphatic carbocycles. The first-order chi connectivity index (χ1) is 9.60. The summed E-state index contributed by atoms with van der Waals surface area (Å²) in [6.07, 6.45) is 0. The van der Waals surface area contributed by atoms with Crippen molar-refractivity contribution in [2.45, 2.75) is 6.54 Å². The summed E-state index contributed by atoms with van der Waals surface area (Å²) in [5.74, 6) is 0.858. The zero-order chi connectivity index (χ0) is 14.5. The molecular formula is C14H21Br2N3O. The van der Waals surface area contributed by atoms with Crippen LogP contribution in [0, 0.1) is 0 Å². The van der Waals surface area contributed by atoms with Crippen LogP contribution in [0.3, 0.4) is 0 Å². The maximum absolute atomic E-state index is 5.91. The summed E-state index contributed by atoms with van der Waals surface area (Å²) in [5, 5.41) is 0. The Balaban J connectivity index is 1.85. The lowest BCUT2D eigenvalue weighted by atomic mass is 10.2. The van der Waals surface area contributed by atoms with Crippen LogP contribution in [0.15, 0.2) is 21.1 Å². The molecule has 1 fully saturated rings. The fraction of sp³-hybridized carbons (Fsp3) is 0.571. The van der Waals surface area contributed by atoms with E-state index in [1.54, 1.807) is 0 Å². The number of benzene rings is 1. The van der Waals surface area contributed by atoms with E-state index in [4.69, 9.17) is 10.5 Å². The van der Waals surface area contributed by atoms with Crippen LogP contribution in [-0.4, -0.2) is 56.2 Å². The molecule has 1 saturated heterocycles. The highest BCUT2D eigenvalue weighted by atomic mass is 79.9. The Morgan fingerprint density at radius 3 is 2.30 bits per heavy atom. The third kappa shape index (κ3) is 4.43. The molecule has 1 heterocycles. The first-order valence-electron chi connectivity index (χ1n) is 6.82. The summed E-state index contributed by atoms with van der Waals surface area (Å²) >= 11 is 7.08. The third-order valence-electron chi connectivity index (χ3n) is 3.54. The number of likely N-dealkylation sites (N-methyl/N-ethyl adjacent to an activating group) is 1. The maximum atomic E-state index is 5.91. The van der Waals surface area contributed by atoms with Gasteiger partial charge in [0.2, 0.25) is 0 Å². The number of rotatable bonds is 5. The van der Waals surface area contributed by atoms with Crippen molar-refractivity contribution in [3.63, 3.8) is 0 Å². The molecule has 0 radical (unpaired) electrons. The molecule has 112 valence electrons. The molecule has 6 heteroatoms. The molecule has 0 bridgehead atoms. The van der Waals surface area contributed by atoms with Gasteiger partial charge in [-0.15, -0.1) is 0 Å². The van der Waals surface area contributed by atoms with Gasteiger partial charge in [-0.05, 0) is 56.6 Å². The van der Waals surface area contributed by atoms with Crippen LogP contribution in [0.25, 0.3) is 0 Å². The first kappa shape index (κ1) is 16.2. The van der Waals surface area contributed by atoms with Gasteiger partial charge in [0, 0.05) is 39.3 Å². The van der Waals surface area contributed by atoms with Crippen LogP contribution in [0.1, 0.15) is 5.56 Å². The van der Waals surface area contributed by atoms with Gasteiger partial charge < -0.3 is 15.4 Å². The maximum Gasteiger partial charge on any atom is 0.147 e. The summed E-state index contributed by atoms with van der Waals surface area (Å²) in [5.41, 5.74) is 6.73. The monoisotopic (exact) mass is 405 g/mol. The quantitative estimate of drug-likeness (QED) is 0.814. The van der Waals surface area contributed by atoms with Gasteiger partial charge in [0.15, 0.2) is 0 Å². The molecule has 2 N–H and O–H groups in total. The van der Waals surface area contributed by atoms with Crippen molar-refractivity contribution in [3.05, 3.63) is 26.6 Å². The zero-order valence-corrected chi connectivity index (χ0v) is 14.9. The molecule has 0 aromatic heterocycles. The van der Waals surface area contributed by atoms with E-state index in [0.717, 1.165) is 53.0 Å². The Morgan fingerprint density at radius 2 is 1.75 bits per heavy atom. The molecule has 0 unspecified atom stereocenters. The number of nitrogens with two attached hydrogens (primary N) is 1. The Hall–Kier alpha value is -0.140. The van der Waals surface area contributed by atoms with Crippen molar-refractivity contribution in [1.29, 1.82) is 0 Å². The molecule has 1 aliphatic heterocycles. The third-order valence-corrected chi connectivity index (χ3v) is 4.72. The van der Waals surface area contributed by atoms with E-state index in [2.05, 4.69) is 48.7 Å². The smallest absolute Gasteiger partial charge is 0.147 e. The van der Waals surface area contributed by atoms with Gasteiger partial charge >= 0.3 is 0 Å². The minimum Gasteiger partial charge on any atom is -0.490 e. The summed E-state index contributed by atoms with van der Waals surface area (Å²) in [4.78, 5) is 4.80. The van der Waals surface area contributed by atoms with Crippen molar-refractivity contribution >= 4 is 31.9 Å². The van der Waals surface area contributed by atoms with Crippen LogP contribution >= 0.6 is 31.9 Å². The SMILES string of the molecule is CN1CCN(CCOc2c(Br)cc(CN)cc2Br)CC1. The summed E-state index contributed by atoms with van der Waals surface area (Å²) in [6, 6.07) is 4.02. The number of halogens is 2. The molecule has 1 aliphatic rings. The van der Waals surface area contributed by atoms with Crippen LogP contribution in [0.2, 0.25) is 0 Å². The lowest BCUT2D eigenvalue weighted by Crippen LogP contribution is -2.45. The van der Waals surface area contributed by atoms with Crippen LogP contribution in [0.4, 0.5) is 0 Å². The first-order valence-corrected chi connectivity index (χ1v) is 8.40. The van der Waals surface area contributed by atoms with Crippen molar-refractivity contribution in [3.8, 4) is 5.75 Å². The van der Waals surface area contributed by atoms with Crippen molar-refractivity contribution < 1.29 is 4.74 Å². The Kier molecular flexibility index (Phi) is 6.29. The summed E-state index contributed by atoms with van der Waals surface area (Å²) < 4.78 is 7.81. The fourth-order valence-corrected chi connectivity index (χ4v) is 3.73. The van der Waals surface area contributed by atoms with E-state index in [1.807, 2.05) is 12.1 Å². The zero-order valence-electron chi connectivity index (χ0n) is 11.7. The second-order valence-electron chi connectivity index (χ2n) is 5.09. The van der Waals surface area contributed by atoms with Gasteiger partial charge in [0.1, 0.15) is 12.4 Å². The highest BCUT2D eigenvalue weighted by Gasteiger charge is 2.14. The van der Waals surface area contributed by atoms with E-state index < -0.39 is 0 Å². The standard InChI is InChI=1S/C14H21Br2N3O/c1-18-2-4-19(5-3-18)6-7-20-14-12(15)8-11(10-17)9-13(14)16/h8-9H,2-7,10,17H2,1H3. The minimum atomic E-state index is 0.527. The normalized spacial score (nSPS) is 17.4. The molecule has 1 aromatic rings. The van der Waals surface area contributed by atoms with E-state index in [9.17, 15) is 0 Å². The Labute approximate surface area is 137 Å². The molecule has 0 saturated carbocycles. The highest BCUT2D eigenvalue weighted by molar-refractivity contribution is 9.11. The van der Waals surface area contributed by atoms with Crippen LogP contribution < -0.4 is 10.5 Å². The fourth-order valence-electron chi connectivity index (χ4n) is 2.22. The molecule has 2 rings (SSSR count). The molecule has 0 atom stereocenters. The Morgan fingerprint density at radius 1 is 1.15 bits per heavy atom. The summed E-state index contributed by atoms with van der Waals surface area (Å²) in [7, 11) is 2.17. The largest absolute Gasteiger partial charge is 0.490 e. The Bertz CT molecular complexity index is 425. The number of piperazine rings is 1. The van der Waals surface area contributed by atoms with Crippen LogP contribution in [0.5, 0.6) is 5.75 Å². The van der Waals surface area contributed by atoms with Crippen molar-refractivity contribution in [2.75, 3.05) is 46.4 Å². The average molecular weight is 407 g/mol. The minimum absolute atomic E-state index is 0.527. The van der Waals surface area contributed by atoms with E-state index in [1.165, 1.54) is 0 Å². The second kappa shape index (κ2) is 7.75. The van der Waals surface area contributed by atoms with Crippen molar-refractivity contribution in [2.24, 2.45) is 5.73 Å². The molecular weight excluding hydrogens is 386 g/mol. The molecule has 4 nitrogen and oxygen atoms in total. The van der Waals surface area contributed by atoms with E-state index >= 15 is 0 Å². The van der Waals surface area contributed by atoms with Crippen molar-refractivity contribution in [1.82, 2.24) is 9.80 Å². The summed E-state index contributed by atoms with van der Waals surface area (Å²) in [6.45, 7) is 6.70. The predicted molar refractivity (Wildman–Crippen MR) is 89.2 cm³/mol. The van der Waals surface area contributed by atoms with Gasteiger partial charge in [-0.2, -0.15) is 0 Å². The van der Waals surface area contributed by atoms with Gasteiger partial charge in [-0.1, -0.05) is 0 Å². The van der Waals surface area contributed by atoms with Crippen LogP contribution in [-0.2, 0) is 6.54 Å². The van der Waals surface area contributed by atoms with Gasteiger partial charge in [-0.3, -0.25) is 4.90 Å². The topological polar surface area (TPSA) is 41.7 Å². The molecule has 0 amide bonds.